The molecule has 0 fully saturated rings. The molecule has 1 aromatic carbocycles. The summed E-state index contributed by atoms with van der Waals surface area (Å²) in [6, 6.07) is 5.20. The van der Waals surface area contributed by atoms with Gasteiger partial charge in [0.05, 0.1) is 12.7 Å². The smallest absolute Gasteiger partial charge is 0.387 e. The summed E-state index contributed by atoms with van der Waals surface area (Å²) in [7, 11) is 0. The fourth-order valence-corrected chi connectivity index (χ4v) is 1.41. The summed E-state index contributed by atoms with van der Waals surface area (Å²) in [6.45, 7) is -2.72. The van der Waals surface area contributed by atoms with Crippen LogP contribution < -0.4 is 15.4 Å². The molecule has 1 heterocycles. The highest BCUT2D eigenvalue weighted by molar-refractivity contribution is 5.89. The molecule has 106 valence electrons. The second-order valence-corrected chi connectivity index (χ2v) is 3.68. The Balaban J connectivity index is 1.87. The first-order chi connectivity index (χ1) is 9.63. The normalized spacial score (nSPS) is 10.3. The number of carbonyl (C=O) groups is 1. The molecule has 0 saturated carbocycles. The monoisotopic (exact) mass is 283 g/mol. The van der Waals surface area contributed by atoms with Crippen LogP contribution in [0, 0.1) is 0 Å². The fourth-order valence-electron chi connectivity index (χ4n) is 1.41. The van der Waals surface area contributed by atoms with Crippen molar-refractivity contribution in [2.24, 2.45) is 0 Å². The Bertz CT molecular complexity index is 562. The first-order valence-corrected chi connectivity index (χ1v) is 5.58. The first kappa shape index (κ1) is 13.7. The summed E-state index contributed by atoms with van der Waals surface area (Å²) in [5.74, 6) is -0.0331. The van der Waals surface area contributed by atoms with Crippen LogP contribution >= 0.6 is 0 Å². The van der Waals surface area contributed by atoms with E-state index in [-0.39, 0.29) is 12.3 Å². The number of ether oxygens (including phenoxy) is 1. The number of nitrogens with zero attached hydrogens (tertiary/aromatic N) is 2. The van der Waals surface area contributed by atoms with Crippen LogP contribution in [-0.4, -0.2) is 28.1 Å². The average Bonchev–Trinajstić information content (AvgIpc) is 2.89. The van der Waals surface area contributed by atoms with Crippen LogP contribution in [0.5, 0.6) is 5.75 Å². The van der Waals surface area contributed by atoms with Gasteiger partial charge in [0.25, 0.3) is 0 Å². The molecule has 9 heteroatoms. The average molecular weight is 283 g/mol. The molecule has 20 heavy (non-hydrogen) atoms. The lowest BCUT2D eigenvalue weighted by Crippen LogP contribution is -2.28. The highest BCUT2D eigenvalue weighted by Crippen LogP contribution is 2.19. The zero-order valence-corrected chi connectivity index (χ0v) is 10.1. The van der Waals surface area contributed by atoms with Gasteiger partial charge in [0.2, 0.25) is 0 Å². The van der Waals surface area contributed by atoms with Crippen molar-refractivity contribution < 1.29 is 18.3 Å². The number of hydrogen-bond acceptors (Lipinski definition) is 4. The number of halogens is 2. The lowest BCUT2D eigenvalue weighted by molar-refractivity contribution is -0.0497. The van der Waals surface area contributed by atoms with E-state index in [0.29, 0.717) is 11.4 Å². The van der Waals surface area contributed by atoms with E-state index >= 15 is 0 Å². The minimum Gasteiger partial charge on any atom is -0.435 e. The van der Waals surface area contributed by atoms with E-state index in [1.165, 1.54) is 24.4 Å². The molecule has 0 saturated heterocycles. The van der Waals surface area contributed by atoms with Crippen LogP contribution in [0.4, 0.5) is 19.3 Å². The first-order valence-electron chi connectivity index (χ1n) is 5.58. The molecule has 2 aromatic rings. The predicted octanol–water partition coefficient (Wildman–Crippen LogP) is 1.73. The topological polar surface area (TPSA) is 91.9 Å². The molecule has 0 unspecified atom stereocenters. The van der Waals surface area contributed by atoms with Crippen molar-refractivity contribution in [1.29, 1.82) is 0 Å². The molecule has 0 spiro atoms. The molecule has 3 N–H and O–H groups in total. The molecule has 7 nitrogen and oxygen atoms in total. The molecule has 0 atom stereocenters. The van der Waals surface area contributed by atoms with Gasteiger partial charge in [-0.15, -0.1) is 0 Å². The van der Waals surface area contributed by atoms with E-state index in [1.807, 2.05) is 0 Å². The molecule has 0 aliphatic carbocycles. The number of hydrogen-bond donors (Lipinski definition) is 3. The predicted molar refractivity (Wildman–Crippen MR) is 65.3 cm³/mol. The molecule has 2 amide bonds. The quantitative estimate of drug-likeness (QED) is 0.779. The van der Waals surface area contributed by atoms with Crippen molar-refractivity contribution in [2.45, 2.75) is 13.2 Å². The van der Waals surface area contributed by atoms with Crippen LogP contribution in [0.25, 0.3) is 0 Å². The molecule has 0 aliphatic rings. The molecule has 2 rings (SSSR count). The molecular weight excluding hydrogens is 272 g/mol. The second-order valence-electron chi connectivity index (χ2n) is 3.68. The number of amides is 2. The maximum atomic E-state index is 12.1. The number of rotatable bonds is 5. The standard InChI is InChI=1S/C11H11F2N5O2/c12-10(13)20-9-3-1-2-7(4-9)16-11(19)14-5-8-6-15-18-17-8/h1-4,6,10H,5H2,(H2,14,16,19)(H,15,17,18). The van der Waals surface area contributed by atoms with Crippen molar-refractivity contribution in [3.8, 4) is 5.75 Å². The number of anilines is 1. The van der Waals surface area contributed by atoms with Crippen LogP contribution in [0.15, 0.2) is 30.5 Å². The maximum absolute atomic E-state index is 12.1. The third kappa shape index (κ3) is 4.19. The number of alkyl halides is 2. The van der Waals surface area contributed by atoms with Gasteiger partial charge in [-0.2, -0.15) is 24.2 Å². The highest BCUT2D eigenvalue weighted by atomic mass is 19.3. The van der Waals surface area contributed by atoms with E-state index in [1.54, 1.807) is 6.07 Å². The van der Waals surface area contributed by atoms with Gasteiger partial charge in [0.15, 0.2) is 0 Å². The van der Waals surface area contributed by atoms with Crippen molar-refractivity contribution in [2.75, 3.05) is 5.32 Å². The summed E-state index contributed by atoms with van der Waals surface area (Å²) in [5, 5.41) is 14.8. The number of H-pyrrole nitrogens is 1. The SMILES string of the molecule is O=C(NCc1cn[nH]n1)Nc1cccc(OC(F)F)c1. The van der Waals surface area contributed by atoms with Gasteiger partial charge in [-0.25, -0.2) is 4.79 Å². The lowest BCUT2D eigenvalue weighted by Gasteiger charge is -2.08. The molecule has 1 aromatic heterocycles. The van der Waals surface area contributed by atoms with Crippen LogP contribution in [0.2, 0.25) is 0 Å². The summed E-state index contributed by atoms with van der Waals surface area (Å²) >= 11 is 0. The Hall–Kier alpha value is -2.71. The van der Waals surface area contributed by atoms with Crippen molar-refractivity contribution in [1.82, 2.24) is 20.7 Å². The third-order valence-corrected chi connectivity index (χ3v) is 2.21. The van der Waals surface area contributed by atoms with E-state index in [2.05, 4.69) is 30.8 Å². The molecule has 0 bridgehead atoms. The van der Waals surface area contributed by atoms with E-state index in [4.69, 9.17) is 0 Å². The lowest BCUT2D eigenvalue weighted by atomic mass is 10.3. The summed E-state index contributed by atoms with van der Waals surface area (Å²) < 4.78 is 28.3. The van der Waals surface area contributed by atoms with E-state index < -0.39 is 12.6 Å². The van der Waals surface area contributed by atoms with Gasteiger partial charge in [0, 0.05) is 11.8 Å². The molecule has 0 radical (unpaired) electrons. The van der Waals surface area contributed by atoms with Crippen molar-refractivity contribution >= 4 is 11.7 Å². The van der Waals surface area contributed by atoms with Crippen molar-refractivity contribution in [3.05, 3.63) is 36.2 Å². The van der Waals surface area contributed by atoms with E-state index in [9.17, 15) is 13.6 Å². The summed E-state index contributed by atoms with van der Waals surface area (Å²) in [6.07, 6.45) is 1.47. The van der Waals surface area contributed by atoms with E-state index in [0.717, 1.165) is 0 Å². The van der Waals surface area contributed by atoms with Gasteiger partial charge in [0.1, 0.15) is 11.4 Å². The fraction of sp³-hybridized carbons (Fsp3) is 0.182. The Morgan fingerprint density at radius 2 is 2.30 bits per heavy atom. The minimum atomic E-state index is -2.91. The van der Waals surface area contributed by atoms with Crippen LogP contribution in [0.1, 0.15) is 5.69 Å². The number of aromatic nitrogens is 3. The number of nitrogens with one attached hydrogen (secondary N) is 3. The van der Waals surface area contributed by atoms with Gasteiger partial charge < -0.3 is 15.4 Å². The Morgan fingerprint density at radius 1 is 1.45 bits per heavy atom. The summed E-state index contributed by atoms with van der Waals surface area (Å²) in [4.78, 5) is 11.6. The number of benzene rings is 1. The summed E-state index contributed by atoms with van der Waals surface area (Å²) in [5.41, 5.74) is 0.899. The van der Waals surface area contributed by atoms with Gasteiger partial charge in [-0.1, -0.05) is 6.07 Å². The molecular formula is C11H11F2N5O2. The van der Waals surface area contributed by atoms with Crippen LogP contribution in [0.3, 0.4) is 0 Å². The zero-order valence-electron chi connectivity index (χ0n) is 10.1. The van der Waals surface area contributed by atoms with Crippen LogP contribution in [-0.2, 0) is 6.54 Å². The largest absolute Gasteiger partial charge is 0.435 e. The number of urea groups is 1. The number of carbonyl (C=O) groups excluding carboxylic acids is 1. The Labute approximate surface area is 112 Å². The third-order valence-electron chi connectivity index (χ3n) is 2.21. The molecule has 0 aliphatic heterocycles. The second kappa shape index (κ2) is 6.45. The zero-order chi connectivity index (χ0) is 14.4. The van der Waals surface area contributed by atoms with Crippen molar-refractivity contribution in [3.63, 3.8) is 0 Å². The van der Waals surface area contributed by atoms with Gasteiger partial charge >= 0.3 is 12.6 Å². The van der Waals surface area contributed by atoms with Gasteiger partial charge in [-0.3, -0.25) is 0 Å². The maximum Gasteiger partial charge on any atom is 0.387 e. The van der Waals surface area contributed by atoms with Gasteiger partial charge in [-0.05, 0) is 12.1 Å². The highest BCUT2D eigenvalue weighted by Gasteiger charge is 2.07. The Morgan fingerprint density at radius 3 is 3.00 bits per heavy atom. The minimum absolute atomic E-state index is 0.0331. The number of aromatic amines is 1. The Kier molecular flexibility index (Phi) is 4.43.